The highest BCUT2D eigenvalue weighted by molar-refractivity contribution is 6.60. The molecule has 0 aliphatic carbocycles. The number of ether oxygens (including phenoxy) is 1. The molecule has 0 N–H and O–H groups in total. The van der Waals surface area contributed by atoms with E-state index in [1.165, 1.54) is 6.92 Å². The highest BCUT2D eigenvalue weighted by atomic mass is 28.4. The maximum absolute atomic E-state index is 11.0. The van der Waals surface area contributed by atoms with Gasteiger partial charge in [0.1, 0.15) is 5.75 Å². The lowest BCUT2D eigenvalue weighted by Gasteiger charge is -2.28. The number of unbranched alkanes of at least 4 members (excludes halogenated alkanes) is 1. The van der Waals surface area contributed by atoms with Crippen LogP contribution in [0.2, 0.25) is 6.04 Å². The Bertz CT molecular complexity index is 475. The van der Waals surface area contributed by atoms with Gasteiger partial charge >= 0.3 is 14.8 Å². The lowest BCUT2D eigenvalue weighted by molar-refractivity contribution is -0.131. The molecule has 0 amide bonds. The number of rotatable bonds is 12. The Morgan fingerprint density at radius 1 is 1.00 bits per heavy atom. The van der Waals surface area contributed by atoms with Crippen molar-refractivity contribution in [3.63, 3.8) is 0 Å². The molecule has 0 fully saturated rings. The molecule has 1 rings (SSSR count). The number of carbonyl (C=O) groups is 1. The summed E-state index contributed by atoms with van der Waals surface area (Å²) in [7, 11) is -2.54. The van der Waals surface area contributed by atoms with E-state index in [-0.39, 0.29) is 5.97 Å². The van der Waals surface area contributed by atoms with Gasteiger partial charge in [0.25, 0.3) is 0 Å². The largest absolute Gasteiger partial charge is 0.500 e. The molecule has 0 radical (unpaired) electrons. The Labute approximate surface area is 146 Å². The minimum absolute atomic E-state index is 0.298. The number of hydrogen-bond acceptors (Lipinski definition) is 5. The van der Waals surface area contributed by atoms with Crippen LogP contribution in [0.15, 0.2) is 24.3 Å². The predicted molar refractivity (Wildman–Crippen MR) is 96.1 cm³/mol. The van der Waals surface area contributed by atoms with Gasteiger partial charge in [-0.1, -0.05) is 12.1 Å². The zero-order chi connectivity index (χ0) is 17.8. The summed E-state index contributed by atoms with van der Waals surface area (Å²) in [6.07, 6.45) is 2.90. The molecular weight excluding hydrogens is 324 g/mol. The van der Waals surface area contributed by atoms with E-state index in [1.807, 2.05) is 39.0 Å². The Balaban J connectivity index is 2.51. The van der Waals surface area contributed by atoms with Crippen LogP contribution in [0.4, 0.5) is 0 Å². The molecule has 0 unspecified atom stereocenters. The average molecular weight is 355 g/mol. The molecule has 0 heterocycles. The zero-order valence-corrected chi connectivity index (χ0v) is 16.3. The number of aryl methyl sites for hydroxylation is 1. The summed E-state index contributed by atoms with van der Waals surface area (Å²) in [5, 5.41) is 0. The van der Waals surface area contributed by atoms with Gasteiger partial charge in [0.2, 0.25) is 0 Å². The van der Waals surface area contributed by atoms with Gasteiger partial charge in [-0.2, -0.15) is 0 Å². The normalized spacial score (nSPS) is 11.5. The van der Waals surface area contributed by atoms with E-state index in [2.05, 4.69) is 0 Å². The van der Waals surface area contributed by atoms with Crippen molar-refractivity contribution >= 4 is 14.8 Å². The van der Waals surface area contributed by atoms with Gasteiger partial charge in [-0.3, -0.25) is 4.79 Å². The lowest BCUT2D eigenvalue weighted by Crippen LogP contribution is -2.45. The Hall–Kier alpha value is -1.21. The molecule has 0 aliphatic rings. The number of esters is 1. The molecule has 136 valence electrons. The molecule has 0 aliphatic heterocycles. The molecule has 1 aromatic rings. The van der Waals surface area contributed by atoms with E-state index in [1.54, 1.807) is 6.07 Å². The second-order valence-corrected chi connectivity index (χ2v) is 8.16. The van der Waals surface area contributed by atoms with Crippen LogP contribution in [0.1, 0.15) is 46.1 Å². The summed E-state index contributed by atoms with van der Waals surface area (Å²) >= 11 is 0. The van der Waals surface area contributed by atoms with Crippen LogP contribution in [-0.4, -0.2) is 34.6 Å². The van der Waals surface area contributed by atoms with Gasteiger partial charge in [0.15, 0.2) is 0 Å². The molecule has 1 aromatic carbocycles. The minimum atomic E-state index is -2.54. The number of benzene rings is 1. The van der Waals surface area contributed by atoms with Crippen LogP contribution >= 0.6 is 0 Å². The first-order chi connectivity index (χ1) is 11.5. The van der Waals surface area contributed by atoms with Crippen LogP contribution in [-0.2, 0) is 24.5 Å². The van der Waals surface area contributed by atoms with E-state index >= 15 is 0 Å². The first-order valence-electron chi connectivity index (χ1n) is 8.74. The second-order valence-electron chi connectivity index (χ2n) is 5.43. The topological polar surface area (TPSA) is 54.0 Å². The van der Waals surface area contributed by atoms with E-state index in [9.17, 15) is 4.79 Å². The fourth-order valence-electron chi connectivity index (χ4n) is 2.60. The van der Waals surface area contributed by atoms with Gasteiger partial charge in [-0.25, -0.2) is 0 Å². The van der Waals surface area contributed by atoms with Crippen LogP contribution in [0.3, 0.4) is 0 Å². The molecule has 0 aromatic heterocycles. The monoisotopic (exact) mass is 354 g/mol. The second kappa shape index (κ2) is 11.4. The van der Waals surface area contributed by atoms with Crippen LogP contribution in [0, 0.1) is 0 Å². The Morgan fingerprint density at radius 3 is 2.17 bits per heavy atom. The van der Waals surface area contributed by atoms with Crippen molar-refractivity contribution in [1.82, 2.24) is 0 Å². The third kappa shape index (κ3) is 7.57. The van der Waals surface area contributed by atoms with Crippen LogP contribution in [0.5, 0.6) is 5.75 Å². The minimum Gasteiger partial charge on any atom is -0.427 e. The summed E-state index contributed by atoms with van der Waals surface area (Å²) in [5.41, 5.74) is 1.16. The Morgan fingerprint density at radius 2 is 1.62 bits per heavy atom. The molecule has 0 bridgehead atoms. The first kappa shape index (κ1) is 20.8. The van der Waals surface area contributed by atoms with Gasteiger partial charge in [0.05, 0.1) is 0 Å². The van der Waals surface area contributed by atoms with Crippen LogP contribution in [0.25, 0.3) is 0 Å². The summed E-state index contributed by atoms with van der Waals surface area (Å²) in [6.45, 7) is 9.15. The molecule has 0 spiro atoms. The molecule has 0 saturated heterocycles. The third-order valence-electron chi connectivity index (χ3n) is 3.45. The smallest absolute Gasteiger partial charge is 0.427 e. The number of hydrogen-bond donors (Lipinski definition) is 0. The van der Waals surface area contributed by atoms with Gasteiger partial charge < -0.3 is 18.0 Å². The molecule has 24 heavy (non-hydrogen) atoms. The van der Waals surface area contributed by atoms with Gasteiger partial charge in [-0.05, 0) is 57.7 Å². The van der Waals surface area contributed by atoms with Gasteiger partial charge in [-0.15, -0.1) is 0 Å². The fraction of sp³-hybridized carbons (Fsp3) is 0.611. The lowest BCUT2D eigenvalue weighted by atomic mass is 10.1. The molecule has 0 atom stereocenters. The highest BCUT2D eigenvalue weighted by Gasteiger charge is 2.39. The van der Waals surface area contributed by atoms with E-state index in [0.29, 0.717) is 25.6 Å². The van der Waals surface area contributed by atoms with E-state index in [0.717, 1.165) is 30.9 Å². The molecule has 5 nitrogen and oxygen atoms in total. The van der Waals surface area contributed by atoms with Crippen molar-refractivity contribution in [2.75, 3.05) is 19.8 Å². The van der Waals surface area contributed by atoms with Crippen molar-refractivity contribution in [3.05, 3.63) is 29.8 Å². The van der Waals surface area contributed by atoms with Crippen molar-refractivity contribution in [2.45, 2.75) is 53.0 Å². The van der Waals surface area contributed by atoms with Crippen molar-refractivity contribution < 1.29 is 22.8 Å². The summed E-state index contributed by atoms with van der Waals surface area (Å²) in [5.74, 6) is 0.301. The van der Waals surface area contributed by atoms with E-state index < -0.39 is 8.80 Å². The summed E-state index contributed by atoms with van der Waals surface area (Å²) in [6, 6.07) is 8.49. The first-order valence-corrected chi connectivity index (χ1v) is 10.7. The van der Waals surface area contributed by atoms with Crippen molar-refractivity contribution in [2.24, 2.45) is 0 Å². The number of carbonyl (C=O) groups excluding carboxylic acids is 1. The maximum Gasteiger partial charge on any atom is 0.500 e. The molecule has 0 saturated carbocycles. The van der Waals surface area contributed by atoms with Crippen molar-refractivity contribution in [3.8, 4) is 5.75 Å². The van der Waals surface area contributed by atoms with Crippen molar-refractivity contribution in [1.29, 1.82) is 0 Å². The fourth-order valence-corrected chi connectivity index (χ4v) is 5.29. The summed E-state index contributed by atoms with van der Waals surface area (Å²) < 4.78 is 22.7. The zero-order valence-electron chi connectivity index (χ0n) is 15.3. The average Bonchev–Trinajstić information content (AvgIpc) is 2.52. The quantitative estimate of drug-likeness (QED) is 0.246. The van der Waals surface area contributed by atoms with Gasteiger partial charge in [0, 0.05) is 32.8 Å². The SMILES string of the molecule is CCO[Si](CCCCc1cccc(OC(C)=O)c1)(OCC)OCC. The van der Waals surface area contributed by atoms with E-state index in [4.69, 9.17) is 18.0 Å². The molecule has 6 heteroatoms. The standard InChI is InChI=1S/C18H30O5Si/c1-5-20-24(21-6-2,22-7-3)14-9-8-11-17-12-10-13-18(15-17)23-16(4)19/h10,12-13,15H,5-9,11,14H2,1-4H3. The van der Waals surface area contributed by atoms with Crippen LogP contribution < -0.4 is 4.74 Å². The summed E-state index contributed by atoms with van der Waals surface area (Å²) in [4.78, 5) is 11.0. The highest BCUT2D eigenvalue weighted by Crippen LogP contribution is 2.21. The predicted octanol–water partition coefficient (Wildman–Crippen LogP) is 3.98. The molecular formula is C18H30O5Si. The Kier molecular flexibility index (Phi) is 9.86. The third-order valence-corrected chi connectivity index (χ3v) is 6.60. The maximum atomic E-state index is 11.0.